The van der Waals surface area contributed by atoms with Crippen LogP contribution < -0.4 is 5.32 Å². The average Bonchev–Trinajstić information content (AvgIpc) is 2.63. The molecule has 0 bridgehead atoms. The maximum Gasteiger partial charge on any atom is 0.331 e. The number of hydrogen-bond donors (Lipinski definition) is 1. The van der Waals surface area contributed by atoms with Crippen LogP contribution >= 0.6 is 15.9 Å². The van der Waals surface area contributed by atoms with Crippen molar-refractivity contribution in [3.8, 4) is 0 Å². The van der Waals surface area contributed by atoms with E-state index in [4.69, 9.17) is 4.74 Å². The number of rotatable bonds is 8. The van der Waals surface area contributed by atoms with Crippen LogP contribution in [0.3, 0.4) is 0 Å². The van der Waals surface area contributed by atoms with E-state index in [9.17, 15) is 9.59 Å². The summed E-state index contributed by atoms with van der Waals surface area (Å²) in [4.78, 5) is 23.3. The molecule has 2 aromatic carbocycles. The Morgan fingerprint density at radius 2 is 1.88 bits per heavy atom. The van der Waals surface area contributed by atoms with Crippen molar-refractivity contribution in [1.82, 2.24) is 5.32 Å². The number of halogens is 1. The topological polar surface area (TPSA) is 55.4 Å². The van der Waals surface area contributed by atoms with E-state index in [1.807, 2.05) is 42.5 Å². The fourth-order valence-electron chi connectivity index (χ4n) is 2.18. The molecule has 0 heterocycles. The minimum Gasteiger partial charge on any atom is -0.452 e. The standard InChI is InChI=1S/C20H20BrNO3/c21-18-10-4-8-17(14-18)11-12-20(24)25-15-19(23)22-13-5-9-16-6-2-1-3-7-16/h1-4,6-8,10-12,14H,5,9,13,15H2,(H,22,23)/b12-11+. The van der Waals surface area contributed by atoms with E-state index >= 15 is 0 Å². The van der Waals surface area contributed by atoms with Gasteiger partial charge in [-0.2, -0.15) is 0 Å². The monoisotopic (exact) mass is 401 g/mol. The summed E-state index contributed by atoms with van der Waals surface area (Å²) in [6, 6.07) is 17.6. The molecular formula is C20H20BrNO3. The quantitative estimate of drug-likeness (QED) is 0.416. The zero-order valence-corrected chi connectivity index (χ0v) is 15.4. The van der Waals surface area contributed by atoms with Crippen molar-refractivity contribution in [2.24, 2.45) is 0 Å². The molecule has 0 spiro atoms. The Labute approximate surface area is 156 Å². The van der Waals surface area contributed by atoms with Gasteiger partial charge >= 0.3 is 5.97 Å². The van der Waals surface area contributed by atoms with E-state index in [1.54, 1.807) is 6.08 Å². The first-order valence-electron chi connectivity index (χ1n) is 8.04. The molecule has 1 N–H and O–H groups in total. The number of ether oxygens (including phenoxy) is 1. The Balaban J connectivity index is 1.61. The SMILES string of the molecule is O=C(COC(=O)/C=C/c1cccc(Br)c1)NCCCc1ccccc1. The van der Waals surface area contributed by atoms with Gasteiger partial charge in [-0.3, -0.25) is 4.79 Å². The van der Waals surface area contributed by atoms with E-state index in [0.29, 0.717) is 6.54 Å². The second kappa shape index (κ2) is 10.5. The molecule has 130 valence electrons. The third-order valence-corrected chi connectivity index (χ3v) is 3.91. The smallest absolute Gasteiger partial charge is 0.331 e. The number of hydrogen-bond acceptors (Lipinski definition) is 3. The minimum atomic E-state index is -0.542. The summed E-state index contributed by atoms with van der Waals surface area (Å²) < 4.78 is 5.85. The first-order valence-corrected chi connectivity index (χ1v) is 8.84. The Bertz CT molecular complexity index is 729. The molecule has 0 radical (unpaired) electrons. The minimum absolute atomic E-state index is 0.271. The van der Waals surface area contributed by atoms with Gasteiger partial charge in [-0.25, -0.2) is 4.79 Å². The van der Waals surface area contributed by atoms with Gasteiger partial charge in [0.15, 0.2) is 6.61 Å². The second-order valence-electron chi connectivity index (χ2n) is 5.44. The van der Waals surface area contributed by atoms with Crippen LogP contribution in [0.25, 0.3) is 6.08 Å². The van der Waals surface area contributed by atoms with Gasteiger partial charge < -0.3 is 10.1 Å². The maximum absolute atomic E-state index is 11.7. The zero-order chi connectivity index (χ0) is 17.9. The summed E-state index contributed by atoms with van der Waals surface area (Å²) in [5.41, 5.74) is 2.11. The fraction of sp³-hybridized carbons (Fsp3) is 0.200. The van der Waals surface area contributed by atoms with Gasteiger partial charge in [-0.1, -0.05) is 58.4 Å². The third-order valence-electron chi connectivity index (χ3n) is 3.41. The molecule has 4 nitrogen and oxygen atoms in total. The number of aryl methyl sites for hydroxylation is 1. The number of esters is 1. The van der Waals surface area contributed by atoms with E-state index in [-0.39, 0.29) is 12.5 Å². The van der Waals surface area contributed by atoms with Gasteiger partial charge in [-0.05, 0) is 42.2 Å². The molecule has 0 aliphatic rings. The highest BCUT2D eigenvalue weighted by Crippen LogP contribution is 2.12. The molecule has 0 aliphatic carbocycles. The van der Waals surface area contributed by atoms with E-state index < -0.39 is 5.97 Å². The molecule has 25 heavy (non-hydrogen) atoms. The summed E-state index contributed by atoms with van der Waals surface area (Å²) in [6.07, 6.45) is 4.69. The van der Waals surface area contributed by atoms with Gasteiger partial charge in [0, 0.05) is 17.1 Å². The van der Waals surface area contributed by atoms with Crippen LogP contribution in [0.2, 0.25) is 0 Å². The first kappa shape index (κ1) is 18.9. The number of carbonyl (C=O) groups is 2. The Morgan fingerprint density at radius 1 is 1.08 bits per heavy atom. The molecule has 0 aromatic heterocycles. The molecule has 0 unspecified atom stereocenters. The lowest BCUT2D eigenvalue weighted by atomic mass is 10.1. The number of carbonyl (C=O) groups excluding carboxylic acids is 2. The van der Waals surface area contributed by atoms with E-state index in [0.717, 1.165) is 22.9 Å². The van der Waals surface area contributed by atoms with E-state index in [1.165, 1.54) is 11.6 Å². The summed E-state index contributed by atoms with van der Waals surface area (Å²) in [6.45, 7) is 0.284. The maximum atomic E-state index is 11.7. The van der Waals surface area contributed by atoms with Crippen molar-refractivity contribution in [3.63, 3.8) is 0 Å². The molecule has 2 rings (SSSR count). The van der Waals surface area contributed by atoms with Crippen LogP contribution in [-0.4, -0.2) is 25.0 Å². The molecule has 0 saturated heterocycles. The van der Waals surface area contributed by atoms with Gasteiger partial charge in [0.2, 0.25) is 0 Å². The highest BCUT2D eigenvalue weighted by atomic mass is 79.9. The highest BCUT2D eigenvalue weighted by molar-refractivity contribution is 9.10. The summed E-state index contributed by atoms with van der Waals surface area (Å²) in [5, 5.41) is 2.74. The van der Waals surface area contributed by atoms with Crippen LogP contribution in [0.1, 0.15) is 17.5 Å². The molecular weight excluding hydrogens is 382 g/mol. The predicted octanol–water partition coefficient (Wildman–Crippen LogP) is 3.75. The highest BCUT2D eigenvalue weighted by Gasteiger charge is 2.04. The van der Waals surface area contributed by atoms with Gasteiger partial charge in [0.25, 0.3) is 5.91 Å². The molecule has 2 aromatic rings. The Kier molecular flexibility index (Phi) is 7.92. The van der Waals surface area contributed by atoms with Crippen LogP contribution in [0.5, 0.6) is 0 Å². The van der Waals surface area contributed by atoms with Crippen molar-refractivity contribution in [3.05, 3.63) is 76.3 Å². The van der Waals surface area contributed by atoms with Crippen molar-refractivity contribution in [1.29, 1.82) is 0 Å². The average molecular weight is 402 g/mol. The summed E-state index contributed by atoms with van der Waals surface area (Å²) in [7, 11) is 0. The Morgan fingerprint density at radius 3 is 2.64 bits per heavy atom. The normalized spacial score (nSPS) is 10.6. The Hall–Kier alpha value is -2.40. The van der Waals surface area contributed by atoms with Gasteiger partial charge in [-0.15, -0.1) is 0 Å². The fourth-order valence-corrected chi connectivity index (χ4v) is 2.59. The molecule has 0 saturated carbocycles. The number of amides is 1. The van der Waals surface area contributed by atoms with Crippen molar-refractivity contribution >= 4 is 33.9 Å². The first-order chi connectivity index (χ1) is 12.1. The summed E-state index contributed by atoms with van der Waals surface area (Å²) in [5.74, 6) is -0.836. The molecule has 0 fully saturated rings. The molecule has 0 aliphatic heterocycles. The lowest BCUT2D eigenvalue weighted by molar-refractivity contribution is -0.143. The van der Waals surface area contributed by atoms with E-state index in [2.05, 4.69) is 33.4 Å². The molecule has 5 heteroatoms. The van der Waals surface area contributed by atoms with Gasteiger partial charge in [0.1, 0.15) is 0 Å². The van der Waals surface area contributed by atoms with Crippen LogP contribution in [0.15, 0.2) is 65.1 Å². The third kappa shape index (κ3) is 7.81. The number of benzene rings is 2. The lowest BCUT2D eigenvalue weighted by Gasteiger charge is -2.05. The predicted molar refractivity (Wildman–Crippen MR) is 102 cm³/mol. The second-order valence-corrected chi connectivity index (χ2v) is 6.35. The number of nitrogens with one attached hydrogen (secondary N) is 1. The largest absolute Gasteiger partial charge is 0.452 e. The lowest BCUT2D eigenvalue weighted by Crippen LogP contribution is -2.29. The van der Waals surface area contributed by atoms with Gasteiger partial charge in [0.05, 0.1) is 0 Å². The van der Waals surface area contributed by atoms with Crippen molar-refractivity contribution < 1.29 is 14.3 Å². The zero-order valence-electron chi connectivity index (χ0n) is 13.8. The molecule has 0 atom stereocenters. The molecule has 1 amide bonds. The van der Waals surface area contributed by atoms with Crippen molar-refractivity contribution in [2.45, 2.75) is 12.8 Å². The van der Waals surface area contributed by atoms with Crippen LogP contribution in [-0.2, 0) is 20.7 Å². The summed E-state index contributed by atoms with van der Waals surface area (Å²) >= 11 is 3.36. The van der Waals surface area contributed by atoms with Crippen LogP contribution in [0, 0.1) is 0 Å². The van der Waals surface area contributed by atoms with Crippen molar-refractivity contribution in [2.75, 3.05) is 13.2 Å². The van der Waals surface area contributed by atoms with Crippen LogP contribution in [0.4, 0.5) is 0 Å².